The highest BCUT2D eigenvalue weighted by Crippen LogP contribution is 2.44. The molecule has 1 aromatic carbocycles. The number of carboxylic acids is 1. The van der Waals surface area contributed by atoms with E-state index < -0.39 is 5.97 Å². The number of hydrogen-bond donors (Lipinski definition) is 1. The van der Waals surface area contributed by atoms with Crippen LogP contribution in [0, 0.1) is 0 Å². The van der Waals surface area contributed by atoms with Gasteiger partial charge in [-0.1, -0.05) is 19.1 Å². The number of piperidine rings is 1. The summed E-state index contributed by atoms with van der Waals surface area (Å²) in [5.74, 6) is -0.818. The van der Waals surface area contributed by atoms with Gasteiger partial charge < -0.3 is 5.11 Å². The van der Waals surface area contributed by atoms with Crippen LogP contribution in [0.1, 0.15) is 38.2 Å². The molecule has 0 aromatic heterocycles. The molecule has 2 unspecified atom stereocenters. The summed E-state index contributed by atoms with van der Waals surface area (Å²) in [6, 6.07) is 8.03. The highest BCUT2D eigenvalue weighted by atomic mass is 16.4. The predicted octanol–water partition coefficient (Wildman–Crippen LogP) is 3.28. The van der Waals surface area contributed by atoms with E-state index in [4.69, 9.17) is 0 Å². The second-order valence-electron chi connectivity index (χ2n) is 6.48. The summed E-state index contributed by atoms with van der Waals surface area (Å²) in [5.41, 5.74) is 2.51. The van der Waals surface area contributed by atoms with E-state index in [1.165, 1.54) is 12.8 Å². The molecule has 0 amide bonds. The zero-order chi connectivity index (χ0) is 15.7. The molecule has 4 nitrogen and oxygen atoms in total. The first-order valence-electron chi connectivity index (χ1n) is 8.24. The first-order chi connectivity index (χ1) is 10.6. The number of aliphatic carboxylic acids is 1. The van der Waals surface area contributed by atoms with E-state index in [0.29, 0.717) is 16.2 Å². The van der Waals surface area contributed by atoms with E-state index in [-0.39, 0.29) is 0 Å². The molecule has 2 atom stereocenters. The smallest absolute Gasteiger partial charge is 0.341 e. The zero-order valence-corrected chi connectivity index (χ0v) is 13.5. The van der Waals surface area contributed by atoms with Crippen molar-refractivity contribution in [1.82, 2.24) is 9.38 Å². The minimum atomic E-state index is -0.818. The number of hydrogen-bond acceptors (Lipinski definition) is 2. The Balaban J connectivity index is 2.16. The van der Waals surface area contributed by atoms with Crippen LogP contribution < -0.4 is 4.48 Å². The number of rotatable bonds is 4. The maximum atomic E-state index is 11.7. The zero-order valence-electron chi connectivity index (χ0n) is 13.5. The van der Waals surface area contributed by atoms with Gasteiger partial charge in [0.15, 0.2) is 6.17 Å². The summed E-state index contributed by atoms with van der Waals surface area (Å²) in [4.78, 5) is 14.1. The molecule has 118 valence electrons. The lowest BCUT2D eigenvalue weighted by molar-refractivity contribution is -0.130. The lowest BCUT2D eigenvalue weighted by Gasteiger charge is -2.45. The SMILES string of the molecule is CCC[N+]1(C2CCCCN2C)C=C(C(=O)O)c2ccccc21. The Morgan fingerprint density at radius 2 is 2.14 bits per heavy atom. The Labute approximate surface area is 132 Å². The summed E-state index contributed by atoms with van der Waals surface area (Å²) >= 11 is 0. The lowest BCUT2D eigenvalue weighted by atomic mass is 10.0. The quantitative estimate of drug-likeness (QED) is 0.868. The number of likely N-dealkylation sites (tertiary alicyclic amines) is 1. The van der Waals surface area contributed by atoms with Gasteiger partial charge in [-0.2, -0.15) is 0 Å². The number of nitrogens with zero attached hydrogens (tertiary/aromatic N) is 2. The molecule has 2 aliphatic rings. The third-order valence-electron chi connectivity index (χ3n) is 5.09. The third kappa shape index (κ3) is 2.27. The van der Waals surface area contributed by atoms with Gasteiger partial charge >= 0.3 is 5.97 Å². The largest absolute Gasteiger partial charge is 0.477 e. The standard InChI is InChI=1S/C18H24N2O2/c1-3-12-20(17-10-6-7-11-19(17)2)13-15(18(21)22)14-8-4-5-9-16(14)20/h4-5,8-9,13,17H,3,6-7,10-12H2,1-2H3/p+1. The summed E-state index contributed by atoms with van der Waals surface area (Å²) in [6.45, 7) is 4.22. The maximum absolute atomic E-state index is 11.7. The second-order valence-corrected chi connectivity index (χ2v) is 6.48. The summed E-state index contributed by atoms with van der Waals surface area (Å²) in [6.07, 6.45) is 6.94. The van der Waals surface area contributed by atoms with Gasteiger partial charge in [-0.15, -0.1) is 0 Å². The van der Waals surface area contributed by atoms with E-state index in [1.807, 2.05) is 24.4 Å². The van der Waals surface area contributed by atoms with E-state index >= 15 is 0 Å². The maximum Gasteiger partial charge on any atom is 0.341 e. The second kappa shape index (κ2) is 5.86. The molecule has 1 aromatic rings. The van der Waals surface area contributed by atoms with Crippen molar-refractivity contribution in [1.29, 1.82) is 0 Å². The Hall–Kier alpha value is -1.65. The predicted molar refractivity (Wildman–Crippen MR) is 89.3 cm³/mol. The lowest BCUT2D eigenvalue weighted by Crippen LogP contribution is -2.60. The molecule has 0 saturated carbocycles. The Morgan fingerprint density at radius 3 is 2.82 bits per heavy atom. The average Bonchev–Trinajstić information content (AvgIpc) is 2.84. The van der Waals surface area contributed by atoms with Crippen molar-refractivity contribution in [3.63, 3.8) is 0 Å². The summed E-state index contributed by atoms with van der Waals surface area (Å²) in [7, 11) is 2.18. The molecule has 2 heterocycles. The first-order valence-corrected chi connectivity index (χ1v) is 8.24. The van der Waals surface area contributed by atoms with Crippen molar-refractivity contribution >= 4 is 17.2 Å². The van der Waals surface area contributed by atoms with E-state index in [9.17, 15) is 9.90 Å². The highest BCUT2D eigenvalue weighted by molar-refractivity contribution is 6.19. The van der Waals surface area contributed by atoms with Crippen molar-refractivity contribution in [2.24, 2.45) is 0 Å². The normalized spacial score (nSPS) is 28.3. The van der Waals surface area contributed by atoms with Crippen LogP contribution in [0.4, 0.5) is 5.69 Å². The number of carboxylic acid groups (broad SMARTS) is 1. The Morgan fingerprint density at radius 1 is 1.36 bits per heavy atom. The van der Waals surface area contributed by atoms with Crippen LogP contribution >= 0.6 is 0 Å². The molecular weight excluding hydrogens is 276 g/mol. The van der Waals surface area contributed by atoms with Crippen LogP contribution in [0.5, 0.6) is 0 Å². The van der Waals surface area contributed by atoms with Crippen molar-refractivity contribution in [2.75, 3.05) is 20.1 Å². The van der Waals surface area contributed by atoms with Crippen molar-refractivity contribution in [3.8, 4) is 0 Å². The van der Waals surface area contributed by atoms with Crippen LogP contribution in [-0.2, 0) is 4.79 Å². The van der Waals surface area contributed by atoms with Gasteiger partial charge in [0.2, 0.25) is 0 Å². The minimum Gasteiger partial charge on any atom is -0.477 e. The van der Waals surface area contributed by atoms with Crippen LogP contribution in [0.25, 0.3) is 5.57 Å². The molecule has 0 radical (unpaired) electrons. The van der Waals surface area contributed by atoms with Crippen LogP contribution in [0.15, 0.2) is 30.5 Å². The molecule has 4 heteroatoms. The van der Waals surface area contributed by atoms with Crippen LogP contribution in [-0.4, -0.2) is 42.3 Å². The molecule has 1 fully saturated rings. The van der Waals surface area contributed by atoms with Gasteiger partial charge in [0.25, 0.3) is 0 Å². The number of fused-ring (bicyclic) bond motifs is 1. The Kier molecular flexibility index (Phi) is 4.06. The number of benzene rings is 1. The molecule has 0 aliphatic carbocycles. The number of para-hydroxylation sites is 1. The molecule has 1 saturated heterocycles. The van der Waals surface area contributed by atoms with Crippen LogP contribution in [0.2, 0.25) is 0 Å². The van der Waals surface area contributed by atoms with Crippen molar-refractivity contribution in [2.45, 2.75) is 38.8 Å². The van der Waals surface area contributed by atoms with E-state index in [0.717, 1.165) is 37.2 Å². The molecule has 0 bridgehead atoms. The van der Waals surface area contributed by atoms with Gasteiger partial charge in [-0.05, 0) is 32.4 Å². The third-order valence-corrected chi connectivity index (χ3v) is 5.09. The van der Waals surface area contributed by atoms with Gasteiger partial charge in [0, 0.05) is 19.0 Å². The van der Waals surface area contributed by atoms with Gasteiger partial charge in [-0.25, -0.2) is 9.28 Å². The monoisotopic (exact) mass is 301 g/mol. The van der Waals surface area contributed by atoms with Gasteiger partial charge in [-0.3, -0.25) is 4.90 Å². The summed E-state index contributed by atoms with van der Waals surface area (Å²) < 4.78 is 0.671. The average molecular weight is 301 g/mol. The first kappa shape index (κ1) is 15.3. The number of carbonyl (C=O) groups is 1. The van der Waals surface area contributed by atoms with E-state index in [2.05, 4.69) is 24.9 Å². The molecule has 1 N–H and O–H groups in total. The molecule has 0 spiro atoms. The van der Waals surface area contributed by atoms with E-state index in [1.54, 1.807) is 0 Å². The van der Waals surface area contributed by atoms with Gasteiger partial charge in [0.05, 0.1) is 12.1 Å². The molecule has 3 rings (SSSR count). The molecular formula is C18H25N2O2+. The fraction of sp³-hybridized carbons (Fsp3) is 0.500. The molecule has 2 aliphatic heterocycles. The fourth-order valence-corrected chi connectivity index (χ4v) is 4.19. The minimum absolute atomic E-state index is 0.340. The van der Waals surface area contributed by atoms with Crippen molar-refractivity contribution in [3.05, 3.63) is 36.0 Å². The fourth-order valence-electron chi connectivity index (χ4n) is 4.19. The molecule has 22 heavy (non-hydrogen) atoms. The summed E-state index contributed by atoms with van der Waals surface area (Å²) in [5, 5.41) is 9.63. The highest BCUT2D eigenvalue weighted by Gasteiger charge is 2.47. The van der Waals surface area contributed by atoms with Gasteiger partial charge in [0.1, 0.15) is 17.5 Å². The Bertz CT molecular complexity index is 611. The van der Waals surface area contributed by atoms with Crippen LogP contribution in [0.3, 0.4) is 0 Å². The van der Waals surface area contributed by atoms with Crippen molar-refractivity contribution < 1.29 is 9.90 Å². The topological polar surface area (TPSA) is 40.5 Å². The number of quaternary nitrogens is 1.